The molecule has 0 bridgehead atoms. The van der Waals surface area contributed by atoms with E-state index in [4.69, 9.17) is 0 Å². The first-order chi connectivity index (χ1) is 13.8. The van der Waals surface area contributed by atoms with Crippen LogP contribution in [-0.2, 0) is 4.79 Å². The van der Waals surface area contributed by atoms with Crippen molar-refractivity contribution in [3.05, 3.63) is 12.2 Å². The number of unbranched alkanes of at least 4 members (excludes halogenated alkanes) is 14. The van der Waals surface area contributed by atoms with Gasteiger partial charge in [0.05, 0.1) is 0 Å². The summed E-state index contributed by atoms with van der Waals surface area (Å²) in [4.78, 5) is 14.3. The van der Waals surface area contributed by atoms with Crippen molar-refractivity contribution >= 4 is 5.91 Å². The molecular formula is C26H51NO. The molecule has 0 aromatic rings. The van der Waals surface area contributed by atoms with Gasteiger partial charge < -0.3 is 4.90 Å². The van der Waals surface area contributed by atoms with Crippen molar-refractivity contribution in [1.82, 2.24) is 4.90 Å². The molecule has 0 saturated heterocycles. The topological polar surface area (TPSA) is 20.3 Å². The van der Waals surface area contributed by atoms with Crippen LogP contribution in [0.5, 0.6) is 0 Å². The van der Waals surface area contributed by atoms with E-state index in [9.17, 15) is 4.79 Å². The van der Waals surface area contributed by atoms with E-state index in [2.05, 4.69) is 37.8 Å². The van der Waals surface area contributed by atoms with Crippen molar-refractivity contribution in [2.75, 3.05) is 13.1 Å². The third-order valence-electron chi connectivity index (χ3n) is 5.67. The molecule has 0 N–H and O–H groups in total. The highest BCUT2D eigenvalue weighted by Gasteiger charge is 2.10. The summed E-state index contributed by atoms with van der Waals surface area (Å²) in [6.07, 6.45) is 27.5. The Bertz CT molecular complexity index is 350. The molecule has 2 nitrogen and oxygen atoms in total. The third-order valence-corrected chi connectivity index (χ3v) is 5.67. The number of carbonyl (C=O) groups is 1. The lowest BCUT2D eigenvalue weighted by atomic mass is 10.1. The van der Waals surface area contributed by atoms with Crippen LogP contribution in [0.15, 0.2) is 12.2 Å². The Morgan fingerprint density at radius 2 is 1.07 bits per heavy atom. The molecule has 0 fully saturated rings. The summed E-state index contributed by atoms with van der Waals surface area (Å²) >= 11 is 0. The molecule has 0 aliphatic carbocycles. The standard InChI is InChI=1S/C26H51NO/c1-4-7-9-11-12-13-14-15-16-17-18-19-20-21-22-24-26(28)27(6-3)25-23-10-8-5-2/h15-16H,4-14,17-25H2,1-3H3/b16-15-. The fourth-order valence-corrected chi connectivity index (χ4v) is 3.69. The average molecular weight is 394 g/mol. The Morgan fingerprint density at radius 1 is 0.607 bits per heavy atom. The molecule has 166 valence electrons. The number of amides is 1. The number of hydrogen-bond acceptors (Lipinski definition) is 1. The molecule has 0 aromatic heterocycles. The zero-order valence-electron chi connectivity index (χ0n) is 19.7. The molecule has 2 heteroatoms. The van der Waals surface area contributed by atoms with Crippen LogP contribution in [0.1, 0.15) is 136 Å². The van der Waals surface area contributed by atoms with Gasteiger partial charge >= 0.3 is 0 Å². The summed E-state index contributed by atoms with van der Waals surface area (Å²) in [7, 11) is 0. The maximum Gasteiger partial charge on any atom is 0.222 e. The van der Waals surface area contributed by atoms with Crippen LogP contribution in [0, 0.1) is 0 Å². The van der Waals surface area contributed by atoms with Gasteiger partial charge in [-0.25, -0.2) is 0 Å². The number of carbonyl (C=O) groups excluding carboxylic acids is 1. The molecule has 0 atom stereocenters. The fourth-order valence-electron chi connectivity index (χ4n) is 3.69. The molecule has 0 spiro atoms. The summed E-state index contributed by atoms with van der Waals surface area (Å²) in [5, 5.41) is 0. The second-order valence-corrected chi connectivity index (χ2v) is 8.37. The molecule has 0 rings (SSSR count). The minimum atomic E-state index is 0.372. The van der Waals surface area contributed by atoms with E-state index in [0.29, 0.717) is 5.91 Å². The van der Waals surface area contributed by atoms with Crippen LogP contribution in [0.2, 0.25) is 0 Å². The molecule has 0 heterocycles. The molecule has 28 heavy (non-hydrogen) atoms. The quantitative estimate of drug-likeness (QED) is 0.141. The molecule has 0 radical (unpaired) electrons. The van der Waals surface area contributed by atoms with E-state index in [1.807, 2.05) is 0 Å². The highest BCUT2D eigenvalue weighted by molar-refractivity contribution is 5.76. The van der Waals surface area contributed by atoms with E-state index < -0.39 is 0 Å². The first-order valence-electron chi connectivity index (χ1n) is 12.7. The van der Waals surface area contributed by atoms with Crippen LogP contribution in [-0.4, -0.2) is 23.9 Å². The molecule has 0 aliphatic heterocycles. The monoisotopic (exact) mass is 393 g/mol. The minimum absolute atomic E-state index is 0.372. The van der Waals surface area contributed by atoms with Crippen LogP contribution in [0.4, 0.5) is 0 Å². The summed E-state index contributed by atoms with van der Waals surface area (Å²) in [5.74, 6) is 0.372. The first kappa shape index (κ1) is 27.2. The average Bonchev–Trinajstić information content (AvgIpc) is 2.70. The molecule has 0 aliphatic rings. The summed E-state index contributed by atoms with van der Waals surface area (Å²) in [6, 6.07) is 0. The predicted octanol–water partition coefficient (Wildman–Crippen LogP) is 8.45. The third kappa shape index (κ3) is 18.6. The number of allylic oxidation sites excluding steroid dienone is 2. The highest BCUT2D eigenvalue weighted by Crippen LogP contribution is 2.11. The smallest absolute Gasteiger partial charge is 0.222 e. The normalized spacial score (nSPS) is 11.4. The van der Waals surface area contributed by atoms with Crippen molar-refractivity contribution in [2.45, 2.75) is 136 Å². The van der Waals surface area contributed by atoms with Gasteiger partial charge in [0.25, 0.3) is 0 Å². The van der Waals surface area contributed by atoms with Gasteiger partial charge in [0, 0.05) is 19.5 Å². The Morgan fingerprint density at radius 3 is 1.61 bits per heavy atom. The van der Waals surface area contributed by atoms with Gasteiger partial charge in [-0.05, 0) is 45.4 Å². The predicted molar refractivity (Wildman–Crippen MR) is 126 cm³/mol. The van der Waals surface area contributed by atoms with Crippen molar-refractivity contribution < 1.29 is 4.79 Å². The van der Waals surface area contributed by atoms with E-state index in [1.165, 1.54) is 103 Å². The van der Waals surface area contributed by atoms with Crippen molar-refractivity contribution in [3.8, 4) is 0 Å². The maximum absolute atomic E-state index is 12.3. The van der Waals surface area contributed by atoms with E-state index in [-0.39, 0.29) is 0 Å². The van der Waals surface area contributed by atoms with Gasteiger partial charge in [0.2, 0.25) is 5.91 Å². The van der Waals surface area contributed by atoms with Crippen LogP contribution in [0.3, 0.4) is 0 Å². The van der Waals surface area contributed by atoms with Crippen molar-refractivity contribution in [1.29, 1.82) is 0 Å². The lowest BCUT2D eigenvalue weighted by Crippen LogP contribution is -2.31. The Kier molecular flexibility index (Phi) is 21.9. The van der Waals surface area contributed by atoms with Crippen LogP contribution in [0.25, 0.3) is 0 Å². The largest absolute Gasteiger partial charge is 0.343 e. The zero-order chi connectivity index (χ0) is 20.7. The lowest BCUT2D eigenvalue weighted by Gasteiger charge is -2.20. The second kappa shape index (κ2) is 22.5. The van der Waals surface area contributed by atoms with Gasteiger partial charge in [-0.15, -0.1) is 0 Å². The van der Waals surface area contributed by atoms with E-state index >= 15 is 0 Å². The number of nitrogens with zero attached hydrogens (tertiary/aromatic N) is 1. The second-order valence-electron chi connectivity index (χ2n) is 8.37. The SMILES string of the molecule is CCCCCCCC/C=C\CCCCCCCC(=O)N(CC)CCCCCC. The molecule has 0 saturated carbocycles. The first-order valence-corrected chi connectivity index (χ1v) is 12.7. The molecule has 1 amide bonds. The van der Waals surface area contributed by atoms with Gasteiger partial charge in [-0.2, -0.15) is 0 Å². The van der Waals surface area contributed by atoms with Gasteiger partial charge in [-0.1, -0.05) is 96.6 Å². The highest BCUT2D eigenvalue weighted by atomic mass is 16.2. The van der Waals surface area contributed by atoms with E-state index in [1.54, 1.807) is 0 Å². The van der Waals surface area contributed by atoms with Gasteiger partial charge in [-0.3, -0.25) is 4.79 Å². The summed E-state index contributed by atoms with van der Waals surface area (Å²) in [5.41, 5.74) is 0. The molecular weight excluding hydrogens is 342 g/mol. The molecule has 0 unspecified atom stereocenters. The summed E-state index contributed by atoms with van der Waals surface area (Å²) < 4.78 is 0. The fraction of sp³-hybridized carbons (Fsp3) is 0.885. The Balaban J connectivity index is 3.43. The van der Waals surface area contributed by atoms with Crippen molar-refractivity contribution in [2.24, 2.45) is 0 Å². The number of rotatable bonds is 21. The van der Waals surface area contributed by atoms with Gasteiger partial charge in [0.1, 0.15) is 0 Å². The van der Waals surface area contributed by atoms with Gasteiger partial charge in [0.15, 0.2) is 0 Å². The van der Waals surface area contributed by atoms with Crippen LogP contribution >= 0.6 is 0 Å². The Labute approximate surface area is 177 Å². The van der Waals surface area contributed by atoms with E-state index in [0.717, 1.165) is 25.9 Å². The van der Waals surface area contributed by atoms with Crippen LogP contribution < -0.4 is 0 Å². The lowest BCUT2D eigenvalue weighted by molar-refractivity contribution is -0.131. The zero-order valence-corrected chi connectivity index (χ0v) is 19.7. The minimum Gasteiger partial charge on any atom is -0.343 e. The molecule has 0 aromatic carbocycles. The maximum atomic E-state index is 12.3. The summed E-state index contributed by atoms with van der Waals surface area (Å²) in [6.45, 7) is 8.45. The number of hydrogen-bond donors (Lipinski definition) is 0. The Hall–Kier alpha value is -0.790. The van der Waals surface area contributed by atoms with Crippen molar-refractivity contribution in [3.63, 3.8) is 0 Å².